The van der Waals surface area contributed by atoms with Crippen LogP contribution in [0.2, 0.25) is 0 Å². The molecule has 1 rings (SSSR count). The summed E-state index contributed by atoms with van der Waals surface area (Å²) in [6.07, 6.45) is 2.28. The summed E-state index contributed by atoms with van der Waals surface area (Å²) in [5.41, 5.74) is 6.87. The van der Waals surface area contributed by atoms with E-state index in [2.05, 4.69) is 32.2 Å². The number of nitrogens with two attached hydrogens (primary N) is 1. The second-order valence-electron chi connectivity index (χ2n) is 3.99. The fourth-order valence-corrected chi connectivity index (χ4v) is 3.31. The maximum Gasteiger partial charge on any atom is 0.0169 e. The summed E-state index contributed by atoms with van der Waals surface area (Å²) in [5.74, 6) is 1.97. The van der Waals surface area contributed by atoms with E-state index in [-0.39, 0.29) is 0 Å². The molecule has 1 saturated heterocycles. The Morgan fingerprint density at radius 3 is 2.75 bits per heavy atom. The lowest BCUT2D eigenvalue weighted by Crippen LogP contribution is -2.24. The first-order valence-corrected chi connectivity index (χ1v) is 5.58. The second-order valence-corrected chi connectivity index (χ2v) is 5.74. The van der Waals surface area contributed by atoms with Gasteiger partial charge in [-0.3, -0.25) is 0 Å². The van der Waals surface area contributed by atoms with Crippen LogP contribution in [0.1, 0.15) is 26.7 Å². The van der Waals surface area contributed by atoms with Crippen LogP contribution in [0.3, 0.4) is 0 Å². The SMILES string of the molecule is C=C(CCN)C1CCSC1(C)C. The minimum Gasteiger partial charge on any atom is -0.330 e. The molecule has 0 aromatic heterocycles. The summed E-state index contributed by atoms with van der Waals surface area (Å²) >= 11 is 2.06. The third kappa shape index (κ3) is 2.05. The third-order valence-electron chi connectivity index (χ3n) is 2.68. The molecule has 0 saturated carbocycles. The standard InChI is InChI=1S/C10H19NS/c1-8(4-6-11)9-5-7-12-10(9,2)3/h9H,1,4-7,11H2,2-3H3. The zero-order chi connectivity index (χ0) is 9.19. The molecular formula is C10H19NS. The largest absolute Gasteiger partial charge is 0.330 e. The van der Waals surface area contributed by atoms with Crippen LogP contribution in [0, 0.1) is 5.92 Å². The lowest BCUT2D eigenvalue weighted by molar-refractivity contribution is 0.489. The van der Waals surface area contributed by atoms with Gasteiger partial charge in [0.1, 0.15) is 0 Å². The van der Waals surface area contributed by atoms with E-state index in [9.17, 15) is 0 Å². The van der Waals surface area contributed by atoms with E-state index in [0.717, 1.165) is 13.0 Å². The van der Waals surface area contributed by atoms with Gasteiger partial charge in [0.25, 0.3) is 0 Å². The van der Waals surface area contributed by atoms with Crippen molar-refractivity contribution in [1.29, 1.82) is 0 Å². The summed E-state index contributed by atoms with van der Waals surface area (Å²) in [7, 11) is 0. The van der Waals surface area contributed by atoms with E-state index >= 15 is 0 Å². The van der Waals surface area contributed by atoms with Crippen LogP contribution < -0.4 is 5.73 Å². The van der Waals surface area contributed by atoms with Gasteiger partial charge in [-0.15, -0.1) is 0 Å². The molecule has 2 N–H and O–H groups in total. The molecule has 0 aromatic rings. The van der Waals surface area contributed by atoms with Gasteiger partial charge in [0, 0.05) is 4.75 Å². The molecule has 0 aromatic carbocycles. The highest BCUT2D eigenvalue weighted by molar-refractivity contribution is 8.00. The highest BCUT2D eigenvalue weighted by Crippen LogP contribution is 2.45. The molecule has 0 radical (unpaired) electrons. The van der Waals surface area contributed by atoms with Crippen molar-refractivity contribution >= 4 is 11.8 Å². The van der Waals surface area contributed by atoms with Gasteiger partial charge in [-0.2, -0.15) is 11.8 Å². The normalized spacial score (nSPS) is 27.4. The lowest BCUT2D eigenvalue weighted by Gasteiger charge is -2.27. The van der Waals surface area contributed by atoms with Gasteiger partial charge in [0.05, 0.1) is 0 Å². The van der Waals surface area contributed by atoms with E-state index in [1.54, 1.807) is 0 Å². The molecule has 0 aliphatic carbocycles. The Morgan fingerprint density at radius 2 is 2.33 bits per heavy atom. The third-order valence-corrected chi connectivity index (χ3v) is 4.15. The van der Waals surface area contributed by atoms with Crippen molar-refractivity contribution in [3.8, 4) is 0 Å². The Balaban J connectivity index is 2.56. The summed E-state index contributed by atoms with van der Waals surface area (Å²) in [6.45, 7) is 9.51. The Bertz CT molecular complexity index is 175. The summed E-state index contributed by atoms with van der Waals surface area (Å²) in [5, 5.41) is 0. The molecule has 1 heterocycles. The number of hydrogen-bond acceptors (Lipinski definition) is 2. The van der Waals surface area contributed by atoms with Gasteiger partial charge in [-0.1, -0.05) is 26.0 Å². The van der Waals surface area contributed by atoms with E-state index < -0.39 is 0 Å². The highest BCUT2D eigenvalue weighted by atomic mass is 32.2. The first-order chi connectivity index (χ1) is 5.58. The zero-order valence-electron chi connectivity index (χ0n) is 8.10. The van der Waals surface area contributed by atoms with Gasteiger partial charge >= 0.3 is 0 Å². The molecule has 1 aliphatic rings. The predicted octanol–water partition coefficient (Wildman–Crippen LogP) is 2.42. The van der Waals surface area contributed by atoms with Crippen LogP contribution in [0.25, 0.3) is 0 Å². The van der Waals surface area contributed by atoms with E-state index in [4.69, 9.17) is 5.73 Å². The topological polar surface area (TPSA) is 26.0 Å². The molecule has 1 aliphatic heterocycles. The fourth-order valence-electron chi connectivity index (χ4n) is 1.94. The molecule has 70 valence electrons. The molecule has 0 spiro atoms. The molecular weight excluding hydrogens is 166 g/mol. The quantitative estimate of drug-likeness (QED) is 0.683. The summed E-state index contributed by atoms with van der Waals surface area (Å²) in [6, 6.07) is 0. The smallest absolute Gasteiger partial charge is 0.0169 e. The minimum absolute atomic E-state index is 0.395. The second kappa shape index (κ2) is 3.84. The average molecular weight is 185 g/mol. The predicted molar refractivity (Wildman–Crippen MR) is 57.5 cm³/mol. The van der Waals surface area contributed by atoms with Crippen molar-refractivity contribution in [3.63, 3.8) is 0 Å². The molecule has 1 nitrogen and oxygen atoms in total. The van der Waals surface area contributed by atoms with Crippen molar-refractivity contribution in [3.05, 3.63) is 12.2 Å². The highest BCUT2D eigenvalue weighted by Gasteiger charge is 2.36. The monoisotopic (exact) mass is 185 g/mol. The maximum absolute atomic E-state index is 5.52. The number of thioether (sulfide) groups is 1. The van der Waals surface area contributed by atoms with Crippen LogP contribution in [0.4, 0.5) is 0 Å². The zero-order valence-corrected chi connectivity index (χ0v) is 8.91. The van der Waals surface area contributed by atoms with Crippen LogP contribution >= 0.6 is 11.8 Å². The maximum atomic E-state index is 5.52. The van der Waals surface area contributed by atoms with E-state index in [0.29, 0.717) is 10.7 Å². The average Bonchev–Trinajstić information content (AvgIpc) is 2.30. The fraction of sp³-hybridized carbons (Fsp3) is 0.800. The van der Waals surface area contributed by atoms with Crippen LogP contribution in [0.15, 0.2) is 12.2 Å². The van der Waals surface area contributed by atoms with Crippen LogP contribution in [-0.2, 0) is 0 Å². The molecule has 1 atom stereocenters. The Labute approximate surface area is 79.8 Å². The van der Waals surface area contributed by atoms with Crippen LogP contribution in [0.5, 0.6) is 0 Å². The molecule has 12 heavy (non-hydrogen) atoms. The number of hydrogen-bond donors (Lipinski definition) is 1. The van der Waals surface area contributed by atoms with Gasteiger partial charge in [-0.25, -0.2) is 0 Å². The van der Waals surface area contributed by atoms with E-state index in [1.165, 1.54) is 17.7 Å². The first-order valence-electron chi connectivity index (χ1n) is 4.59. The van der Waals surface area contributed by atoms with Gasteiger partial charge < -0.3 is 5.73 Å². The Morgan fingerprint density at radius 1 is 1.67 bits per heavy atom. The Kier molecular flexibility index (Phi) is 3.24. The van der Waals surface area contributed by atoms with Crippen molar-refractivity contribution in [1.82, 2.24) is 0 Å². The Hall–Kier alpha value is 0.0500. The van der Waals surface area contributed by atoms with Crippen LogP contribution in [-0.4, -0.2) is 17.0 Å². The lowest BCUT2D eigenvalue weighted by atomic mass is 9.85. The van der Waals surface area contributed by atoms with Crippen molar-refractivity contribution < 1.29 is 0 Å². The summed E-state index contributed by atoms with van der Waals surface area (Å²) in [4.78, 5) is 0. The minimum atomic E-state index is 0.395. The molecule has 1 unspecified atom stereocenters. The molecule has 1 fully saturated rings. The molecule has 0 amide bonds. The first kappa shape index (κ1) is 10.1. The van der Waals surface area contributed by atoms with Gasteiger partial charge in [0.2, 0.25) is 0 Å². The van der Waals surface area contributed by atoms with Gasteiger partial charge in [-0.05, 0) is 31.1 Å². The van der Waals surface area contributed by atoms with Crippen molar-refractivity contribution in [2.24, 2.45) is 11.7 Å². The summed E-state index contributed by atoms with van der Waals surface area (Å²) < 4.78 is 0.395. The molecule has 0 bridgehead atoms. The van der Waals surface area contributed by atoms with E-state index in [1.807, 2.05) is 0 Å². The van der Waals surface area contributed by atoms with Crippen molar-refractivity contribution in [2.75, 3.05) is 12.3 Å². The van der Waals surface area contributed by atoms with Crippen molar-refractivity contribution in [2.45, 2.75) is 31.4 Å². The number of rotatable bonds is 3. The van der Waals surface area contributed by atoms with Gasteiger partial charge in [0.15, 0.2) is 0 Å². The molecule has 2 heteroatoms.